The molecule has 1 saturated heterocycles. The monoisotopic (exact) mass is 558 g/mol. The van der Waals surface area contributed by atoms with Crippen LogP contribution < -0.4 is 20.9 Å². The molecule has 2 atom stereocenters. The first kappa shape index (κ1) is 28.3. The fourth-order valence-electron chi connectivity index (χ4n) is 4.25. The molecule has 4 rings (SSSR count). The van der Waals surface area contributed by atoms with E-state index in [1.54, 1.807) is 12.1 Å². The van der Waals surface area contributed by atoms with Gasteiger partial charge < -0.3 is 20.2 Å². The van der Waals surface area contributed by atoms with E-state index >= 15 is 0 Å². The number of para-hydroxylation sites is 1. The highest BCUT2D eigenvalue weighted by atomic mass is 19.4. The average molecular weight is 559 g/mol. The van der Waals surface area contributed by atoms with Crippen molar-refractivity contribution in [2.45, 2.75) is 38.6 Å². The number of carbonyl (C=O) groups excluding carboxylic acids is 4. The Morgan fingerprint density at radius 3 is 2.55 bits per heavy atom. The average Bonchev–Trinajstić information content (AvgIpc) is 3.10. The number of amides is 3. The molecule has 0 radical (unpaired) electrons. The van der Waals surface area contributed by atoms with E-state index in [-0.39, 0.29) is 31.6 Å². The molecule has 2 aromatic carbocycles. The molecular weight excluding hydrogens is 533 g/mol. The number of fused-ring (bicyclic) bond motifs is 1. The minimum absolute atomic E-state index is 0.0311. The van der Waals surface area contributed by atoms with Crippen LogP contribution >= 0.6 is 0 Å². The van der Waals surface area contributed by atoms with Gasteiger partial charge in [-0.3, -0.25) is 19.4 Å². The number of aromatic nitrogens is 1. The summed E-state index contributed by atoms with van der Waals surface area (Å²) in [6, 6.07) is 14.9. The molecular formula is C27H25F3N4O6. The van der Waals surface area contributed by atoms with Crippen LogP contribution in [0.25, 0.3) is 10.9 Å². The molecule has 3 aromatic rings. The van der Waals surface area contributed by atoms with Gasteiger partial charge in [0.15, 0.2) is 0 Å². The summed E-state index contributed by atoms with van der Waals surface area (Å²) in [5.41, 5.74) is 4.35. The normalized spacial score (nSPS) is 17.4. The van der Waals surface area contributed by atoms with Gasteiger partial charge in [-0.2, -0.15) is 18.7 Å². The first-order chi connectivity index (χ1) is 19.0. The molecule has 0 unspecified atom stereocenters. The minimum Gasteiger partial charge on any atom is -0.489 e. The van der Waals surface area contributed by atoms with E-state index in [1.165, 1.54) is 17.6 Å². The van der Waals surface area contributed by atoms with E-state index in [4.69, 9.17) is 4.74 Å². The Hall–Kier alpha value is -4.68. The number of ether oxygens (including phenoxy) is 1. The van der Waals surface area contributed by atoms with Gasteiger partial charge in [0.25, 0.3) is 11.8 Å². The topological polar surface area (TPSA) is 136 Å². The van der Waals surface area contributed by atoms with Crippen molar-refractivity contribution in [3.63, 3.8) is 0 Å². The Bertz CT molecular complexity index is 1430. The molecule has 10 nitrogen and oxygen atoms in total. The van der Waals surface area contributed by atoms with E-state index in [1.807, 2.05) is 37.3 Å². The molecule has 1 aromatic heterocycles. The van der Waals surface area contributed by atoms with Gasteiger partial charge in [-0.25, -0.2) is 4.79 Å². The second kappa shape index (κ2) is 12.0. The number of pyridine rings is 1. The number of alkyl halides is 3. The van der Waals surface area contributed by atoms with Gasteiger partial charge in [0, 0.05) is 41.2 Å². The van der Waals surface area contributed by atoms with Gasteiger partial charge in [0.2, 0.25) is 5.91 Å². The van der Waals surface area contributed by atoms with Crippen molar-refractivity contribution >= 4 is 34.6 Å². The van der Waals surface area contributed by atoms with Crippen LogP contribution in [0.1, 0.15) is 34.5 Å². The quantitative estimate of drug-likeness (QED) is 0.396. The van der Waals surface area contributed by atoms with Crippen molar-refractivity contribution in [2.75, 3.05) is 6.54 Å². The largest absolute Gasteiger partial charge is 0.493 e. The second-order valence-electron chi connectivity index (χ2n) is 9.14. The lowest BCUT2D eigenvalue weighted by Gasteiger charge is -2.24. The van der Waals surface area contributed by atoms with Gasteiger partial charge in [0.1, 0.15) is 12.4 Å². The predicted octanol–water partition coefficient (Wildman–Crippen LogP) is 2.88. The van der Waals surface area contributed by atoms with Crippen LogP contribution in [-0.4, -0.2) is 47.4 Å². The van der Waals surface area contributed by atoms with Crippen LogP contribution in [0.2, 0.25) is 0 Å². The standard InChI is InChI=1S/C27H25F3N4O6/c1-15-12-17(19-4-2-3-5-21(19)32-15)14-39-18-8-6-16(7-9-18)24(36)33-22-10-11-23(35)31-13-20(22)25(37)34-40-26(38)27(28,29)30/h2-9,12,20,22H,10-11,13-14H2,1H3,(H,31,35)(H,33,36)(H,34,37)/t20-,22+/m0/s1. The maximum atomic E-state index is 12.9. The third-order valence-corrected chi connectivity index (χ3v) is 6.26. The van der Waals surface area contributed by atoms with Crippen molar-refractivity contribution < 1.29 is 41.9 Å². The zero-order chi connectivity index (χ0) is 28.9. The molecule has 13 heteroatoms. The number of nitrogens with one attached hydrogen (secondary N) is 3. The van der Waals surface area contributed by atoms with Crippen LogP contribution in [0.15, 0.2) is 54.6 Å². The maximum absolute atomic E-state index is 12.9. The van der Waals surface area contributed by atoms with Crippen LogP contribution in [-0.2, 0) is 25.8 Å². The summed E-state index contributed by atoms with van der Waals surface area (Å²) < 4.78 is 43.1. The third kappa shape index (κ3) is 7.04. The van der Waals surface area contributed by atoms with E-state index in [0.29, 0.717) is 5.75 Å². The summed E-state index contributed by atoms with van der Waals surface area (Å²) in [6.45, 7) is 1.89. The second-order valence-corrected chi connectivity index (χ2v) is 9.14. The van der Waals surface area contributed by atoms with Crippen molar-refractivity contribution in [1.82, 2.24) is 21.1 Å². The number of halogens is 3. The maximum Gasteiger partial charge on any atom is 0.493 e. The predicted molar refractivity (Wildman–Crippen MR) is 135 cm³/mol. The molecule has 210 valence electrons. The van der Waals surface area contributed by atoms with Gasteiger partial charge in [-0.1, -0.05) is 18.2 Å². The summed E-state index contributed by atoms with van der Waals surface area (Å²) >= 11 is 0. The highest BCUT2D eigenvalue weighted by Gasteiger charge is 2.42. The summed E-state index contributed by atoms with van der Waals surface area (Å²) in [4.78, 5) is 56.5. The fourth-order valence-corrected chi connectivity index (χ4v) is 4.25. The smallest absolute Gasteiger partial charge is 0.489 e. The molecule has 1 aliphatic rings. The molecule has 3 N–H and O–H groups in total. The Balaban J connectivity index is 1.39. The van der Waals surface area contributed by atoms with Gasteiger partial charge in [0.05, 0.1) is 11.4 Å². The lowest BCUT2D eigenvalue weighted by Crippen LogP contribution is -2.50. The molecule has 0 bridgehead atoms. The molecule has 0 aliphatic carbocycles. The Morgan fingerprint density at radius 2 is 1.82 bits per heavy atom. The van der Waals surface area contributed by atoms with Gasteiger partial charge >= 0.3 is 12.1 Å². The molecule has 1 aliphatic heterocycles. The summed E-state index contributed by atoms with van der Waals surface area (Å²) in [5, 5.41) is 6.06. The molecule has 0 spiro atoms. The summed E-state index contributed by atoms with van der Waals surface area (Å²) in [6.07, 6.45) is -5.31. The SMILES string of the molecule is Cc1cc(COc2ccc(C(=O)N[C@@H]3CCC(=O)NC[C@@H]3C(=O)NOC(=O)C(F)(F)F)cc2)c2ccccc2n1. The van der Waals surface area contributed by atoms with E-state index < -0.39 is 41.8 Å². The van der Waals surface area contributed by atoms with Gasteiger partial charge in [-0.15, -0.1) is 0 Å². The number of hydrogen-bond donors (Lipinski definition) is 3. The molecule has 2 heterocycles. The molecule has 0 saturated carbocycles. The van der Waals surface area contributed by atoms with Crippen molar-refractivity contribution in [3.8, 4) is 5.75 Å². The Labute approximate surface area is 226 Å². The highest BCUT2D eigenvalue weighted by Crippen LogP contribution is 2.22. The molecule has 3 amide bonds. The highest BCUT2D eigenvalue weighted by molar-refractivity contribution is 5.95. The van der Waals surface area contributed by atoms with E-state index in [9.17, 15) is 32.3 Å². The minimum atomic E-state index is -5.31. The lowest BCUT2D eigenvalue weighted by atomic mass is 9.95. The number of benzene rings is 2. The van der Waals surface area contributed by atoms with Crippen LogP contribution in [0, 0.1) is 12.8 Å². The first-order valence-corrected chi connectivity index (χ1v) is 12.2. The van der Waals surface area contributed by atoms with Gasteiger partial charge in [-0.05, 0) is 49.7 Å². The number of carbonyl (C=O) groups is 4. The summed E-state index contributed by atoms with van der Waals surface area (Å²) in [5.74, 6) is -5.38. The number of rotatable bonds is 6. The first-order valence-electron chi connectivity index (χ1n) is 12.2. The van der Waals surface area contributed by atoms with Crippen molar-refractivity contribution in [2.24, 2.45) is 5.92 Å². The number of aryl methyl sites for hydroxylation is 1. The van der Waals surface area contributed by atoms with Crippen LogP contribution in [0.4, 0.5) is 13.2 Å². The van der Waals surface area contributed by atoms with Crippen LogP contribution in [0.3, 0.4) is 0 Å². The zero-order valence-corrected chi connectivity index (χ0v) is 21.2. The Kier molecular flexibility index (Phi) is 8.51. The van der Waals surface area contributed by atoms with Crippen LogP contribution in [0.5, 0.6) is 5.75 Å². The molecule has 40 heavy (non-hydrogen) atoms. The summed E-state index contributed by atoms with van der Waals surface area (Å²) in [7, 11) is 0. The van der Waals surface area contributed by atoms with E-state index in [0.717, 1.165) is 22.2 Å². The lowest BCUT2D eigenvalue weighted by molar-refractivity contribution is -0.208. The van der Waals surface area contributed by atoms with E-state index in [2.05, 4.69) is 20.5 Å². The van der Waals surface area contributed by atoms with Crippen molar-refractivity contribution in [3.05, 3.63) is 71.4 Å². The van der Waals surface area contributed by atoms with Crippen molar-refractivity contribution in [1.29, 1.82) is 0 Å². The number of nitrogens with zero attached hydrogens (tertiary/aromatic N) is 1. The third-order valence-electron chi connectivity index (χ3n) is 6.26. The zero-order valence-electron chi connectivity index (χ0n) is 21.2. The number of hydrogen-bond acceptors (Lipinski definition) is 7. The Morgan fingerprint density at radius 1 is 1.10 bits per heavy atom. The number of hydroxylamine groups is 1. The molecule has 1 fully saturated rings. The fraction of sp³-hybridized carbons (Fsp3) is 0.296.